The quantitative estimate of drug-likeness (QED) is 0.746. The van der Waals surface area contributed by atoms with Gasteiger partial charge >= 0.3 is 0 Å². The minimum absolute atomic E-state index is 0.0265. The van der Waals surface area contributed by atoms with Crippen molar-refractivity contribution in [2.75, 3.05) is 0 Å². The molecular formula is C12H12FN3O2. The van der Waals surface area contributed by atoms with Crippen molar-refractivity contribution in [3.63, 3.8) is 0 Å². The molecule has 0 saturated carbocycles. The van der Waals surface area contributed by atoms with Crippen LogP contribution in [0.25, 0.3) is 0 Å². The zero-order chi connectivity index (χ0) is 13.0. The van der Waals surface area contributed by atoms with E-state index in [9.17, 15) is 14.0 Å². The molecule has 2 aromatic rings. The van der Waals surface area contributed by atoms with Gasteiger partial charge in [0.05, 0.1) is 18.7 Å². The number of carbonyl (C=O) groups excluding carboxylic acids is 1. The molecule has 2 rings (SSSR count). The summed E-state index contributed by atoms with van der Waals surface area (Å²) in [6.45, 7) is 0.200. The van der Waals surface area contributed by atoms with E-state index in [1.54, 1.807) is 18.2 Å². The Morgan fingerprint density at radius 2 is 2.06 bits per heavy atom. The Kier molecular flexibility index (Phi) is 3.57. The minimum atomic E-state index is -0.400. The molecule has 0 bridgehead atoms. The Morgan fingerprint density at radius 3 is 2.72 bits per heavy atom. The zero-order valence-corrected chi connectivity index (χ0v) is 9.50. The molecule has 1 heterocycles. The third kappa shape index (κ3) is 3.07. The van der Waals surface area contributed by atoms with E-state index >= 15 is 0 Å². The molecule has 0 atom stereocenters. The molecular weight excluding hydrogens is 237 g/mol. The number of carbonyl (C=O) groups is 1. The van der Waals surface area contributed by atoms with Crippen molar-refractivity contribution < 1.29 is 9.18 Å². The van der Waals surface area contributed by atoms with Crippen LogP contribution in [-0.4, -0.2) is 16.1 Å². The molecule has 0 spiro atoms. The molecule has 0 fully saturated rings. The minimum Gasteiger partial charge on any atom is -0.350 e. The van der Waals surface area contributed by atoms with Crippen LogP contribution >= 0.6 is 0 Å². The second-order valence-electron chi connectivity index (χ2n) is 3.83. The van der Waals surface area contributed by atoms with Crippen LogP contribution in [0.1, 0.15) is 11.3 Å². The Labute approximate surface area is 102 Å². The number of rotatable bonds is 4. The van der Waals surface area contributed by atoms with Gasteiger partial charge in [0.15, 0.2) is 0 Å². The molecule has 1 amide bonds. The van der Waals surface area contributed by atoms with Gasteiger partial charge in [0.25, 0.3) is 5.56 Å². The second-order valence-corrected chi connectivity index (χ2v) is 3.83. The fraction of sp³-hybridized carbons (Fsp3) is 0.167. The van der Waals surface area contributed by atoms with Crippen LogP contribution in [0.4, 0.5) is 4.39 Å². The lowest BCUT2D eigenvalue weighted by Gasteiger charge is -2.04. The Morgan fingerprint density at radius 1 is 1.28 bits per heavy atom. The summed E-state index contributed by atoms with van der Waals surface area (Å²) in [7, 11) is 0. The van der Waals surface area contributed by atoms with Crippen LogP contribution in [0.5, 0.6) is 0 Å². The predicted molar refractivity (Wildman–Crippen MR) is 63.4 cm³/mol. The normalized spacial score (nSPS) is 10.3. The number of H-pyrrole nitrogens is 2. The van der Waals surface area contributed by atoms with E-state index < -0.39 is 5.82 Å². The highest BCUT2D eigenvalue weighted by molar-refractivity contribution is 5.78. The molecule has 0 aliphatic rings. The van der Waals surface area contributed by atoms with Crippen molar-refractivity contribution >= 4 is 5.91 Å². The molecule has 0 radical (unpaired) electrons. The smallest absolute Gasteiger partial charge is 0.264 e. The first-order valence-corrected chi connectivity index (χ1v) is 5.42. The Hall–Kier alpha value is -2.37. The maximum atomic E-state index is 13.3. The predicted octanol–water partition coefficient (Wildman–Crippen LogP) is 0.701. The molecule has 0 unspecified atom stereocenters. The molecule has 18 heavy (non-hydrogen) atoms. The monoisotopic (exact) mass is 249 g/mol. The van der Waals surface area contributed by atoms with Crippen molar-refractivity contribution in [1.29, 1.82) is 0 Å². The topological polar surface area (TPSA) is 77.8 Å². The fourth-order valence-electron chi connectivity index (χ4n) is 1.54. The second kappa shape index (κ2) is 5.31. The zero-order valence-electron chi connectivity index (χ0n) is 9.50. The van der Waals surface area contributed by atoms with E-state index in [1.165, 1.54) is 12.1 Å². The number of amides is 1. The summed E-state index contributed by atoms with van der Waals surface area (Å²) in [5, 5.41) is 7.56. The SMILES string of the molecule is O=C(Cc1ccccc1F)NCc1cc(=O)[nH][nH]1. The molecule has 3 N–H and O–H groups in total. The van der Waals surface area contributed by atoms with Gasteiger partial charge in [-0.25, -0.2) is 4.39 Å². The highest BCUT2D eigenvalue weighted by atomic mass is 19.1. The third-order valence-electron chi connectivity index (χ3n) is 2.44. The van der Waals surface area contributed by atoms with Gasteiger partial charge in [-0.3, -0.25) is 14.7 Å². The van der Waals surface area contributed by atoms with Crippen molar-refractivity contribution in [3.8, 4) is 0 Å². The summed E-state index contributed by atoms with van der Waals surface area (Å²) in [5.41, 5.74) is 0.660. The lowest BCUT2D eigenvalue weighted by atomic mass is 10.1. The number of hydrogen-bond acceptors (Lipinski definition) is 2. The van der Waals surface area contributed by atoms with Gasteiger partial charge in [-0.1, -0.05) is 18.2 Å². The number of nitrogens with one attached hydrogen (secondary N) is 3. The van der Waals surface area contributed by atoms with Gasteiger partial charge in [-0.2, -0.15) is 0 Å². The maximum Gasteiger partial charge on any atom is 0.264 e. The molecule has 1 aromatic heterocycles. The van der Waals surface area contributed by atoms with Crippen LogP contribution in [0.3, 0.4) is 0 Å². The van der Waals surface area contributed by atoms with Gasteiger partial charge < -0.3 is 10.4 Å². The van der Waals surface area contributed by atoms with Gasteiger partial charge in [0, 0.05) is 6.07 Å². The summed E-state index contributed by atoms with van der Waals surface area (Å²) in [4.78, 5) is 22.4. The van der Waals surface area contributed by atoms with Crippen molar-refractivity contribution in [2.24, 2.45) is 0 Å². The van der Waals surface area contributed by atoms with Gasteiger partial charge in [-0.05, 0) is 11.6 Å². The molecule has 0 aliphatic carbocycles. The van der Waals surface area contributed by atoms with E-state index in [0.717, 1.165) is 0 Å². The van der Waals surface area contributed by atoms with E-state index in [4.69, 9.17) is 0 Å². The van der Waals surface area contributed by atoms with Crippen molar-refractivity contribution in [2.45, 2.75) is 13.0 Å². The van der Waals surface area contributed by atoms with E-state index in [2.05, 4.69) is 15.5 Å². The molecule has 0 saturated heterocycles. The Balaban J connectivity index is 1.90. The highest BCUT2D eigenvalue weighted by Gasteiger charge is 2.07. The summed E-state index contributed by atoms with van der Waals surface area (Å²) >= 11 is 0. The summed E-state index contributed by atoms with van der Waals surface area (Å²) in [6.07, 6.45) is -0.0265. The van der Waals surface area contributed by atoms with Gasteiger partial charge in [-0.15, -0.1) is 0 Å². The summed E-state index contributed by atoms with van der Waals surface area (Å²) < 4.78 is 13.3. The summed E-state index contributed by atoms with van der Waals surface area (Å²) in [6, 6.07) is 7.47. The molecule has 94 valence electrons. The molecule has 0 aliphatic heterocycles. The number of aromatic amines is 2. The van der Waals surface area contributed by atoms with Gasteiger partial charge in [0.2, 0.25) is 5.91 Å². The molecule has 5 nitrogen and oxygen atoms in total. The lowest BCUT2D eigenvalue weighted by molar-refractivity contribution is -0.120. The molecule has 6 heteroatoms. The number of hydrogen-bond donors (Lipinski definition) is 3. The van der Waals surface area contributed by atoms with Crippen LogP contribution in [0.2, 0.25) is 0 Å². The number of benzene rings is 1. The lowest BCUT2D eigenvalue weighted by Crippen LogP contribution is -2.25. The Bertz CT molecular complexity index is 603. The molecule has 1 aromatic carbocycles. The van der Waals surface area contributed by atoms with Gasteiger partial charge in [0.1, 0.15) is 5.82 Å². The average Bonchev–Trinajstić information content (AvgIpc) is 2.76. The van der Waals surface area contributed by atoms with Crippen molar-refractivity contribution in [3.05, 3.63) is 57.8 Å². The maximum absolute atomic E-state index is 13.3. The number of halogens is 1. The summed E-state index contributed by atoms with van der Waals surface area (Å²) in [5.74, 6) is -0.704. The average molecular weight is 249 g/mol. The third-order valence-corrected chi connectivity index (χ3v) is 2.44. The largest absolute Gasteiger partial charge is 0.350 e. The van der Waals surface area contributed by atoms with Crippen LogP contribution in [0, 0.1) is 5.82 Å². The first kappa shape index (κ1) is 12.1. The fourth-order valence-corrected chi connectivity index (χ4v) is 1.54. The van der Waals surface area contributed by atoms with E-state index in [-0.39, 0.29) is 24.4 Å². The van der Waals surface area contributed by atoms with Crippen molar-refractivity contribution in [1.82, 2.24) is 15.5 Å². The van der Waals surface area contributed by atoms with Crippen LogP contribution in [0.15, 0.2) is 35.1 Å². The van der Waals surface area contributed by atoms with E-state index in [1.807, 2.05) is 0 Å². The standard InChI is InChI=1S/C12H12FN3O2/c13-10-4-2-1-3-8(10)5-11(17)14-7-9-6-12(18)16-15-9/h1-4,6H,5,7H2,(H,14,17)(H2,15,16,18). The first-order chi connectivity index (χ1) is 8.65. The first-order valence-electron chi connectivity index (χ1n) is 5.42. The highest BCUT2D eigenvalue weighted by Crippen LogP contribution is 2.06. The van der Waals surface area contributed by atoms with E-state index in [0.29, 0.717) is 11.3 Å². The van der Waals surface area contributed by atoms with Crippen LogP contribution < -0.4 is 10.9 Å². The van der Waals surface area contributed by atoms with Crippen LogP contribution in [-0.2, 0) is 17.8 Å². The number of aromatic nitrogens is 2.